The van der Waals surface area contributed by atoms with E-state index < -0.39 is 0 Å². The van der Waals surface area contributed by atoms with Crippen LogP contribution in [0.5, 0.6) is 0 Å². The molecule has 0 saturated heterocycles. The van der Waals surface area contributed by atoms with Gasteiger partial charge in [-0.25, -0.2) is 0 Å². The van der Waals surface area contributed by atoms with Gasteiger partial charge in [0.25, 0.3) is 0 Å². The van der Waals surface area contributed by atoms with E-state index in [-0.39, 0.29) is 0 Å². The second-order valence-electron chi connectivity index (χ2n) is 6.45. The average Bonchev–Trinajstić information content (AvgIpc) is 2.53. The molecule has 2 N–H and O–H groups in total. The Morgan fingerprint density at radius 1 is 0.652 bits per heavy atom. The van der Waals surface area contributed by atoms with Crippen LogP contribution in [-0.2, 0) is 0 Å². The molecule has 0 atom stereocenters. The molecule has 3 nitrogen and oxygen atoms in total. The Labute approximate surface area is 144 Å². The summed E-state index contributed by atoms with van der Waals surface area (Å²) in [5, 5.41) is 20.2. The molecule has 136 valence electrons. The molecule has 0 radical (unpaired) electrons. The van der Waals surface area contributed by atoms with E-state index in [0.717, 1.165) is 45.1 Å². The molecule has 0 bridgehead atoms. The van der Waals surface area contributed by atoms with Crippen LogP contribution in [-0.4, -0.2) is 21.7 Å². The molecular weight excluding hydrogens is 286 g/mol. The van der Waals surface area contributed by atoms with Crippen LogP contribution in [0.4, 0.5) is 0 Å². The van der Waals surface area contributed by atoms with Crippen molar-refractivity contribution in [3.63, 3.8) is 0 Å². The smallest absolute Gasteiger partial charge is 0.108 e. The van der Waals surface area contributed by atoms with Crippen LogP contribution in [0.3, 0.4) is 0 Å². The number of unbranched alkanes of at least 4 members (excludes halogenated alkanes) is 7. The number of nitrogens with zero attached hydrogens (tertiary/aromatic N) is 1. The van der Waals surface area contributed by atoms with Gasteiger partial charge in [-0.2, -0.15) is 0 Å². The van der Waals surface area contributed by atoms with E-state index in [4.69, 9.17) is 0 Å². The summed E-state index contributed by atoms with van der Waals surface area (Å²) in [6.45, 7) is 7.38. The number of aliphatic hydroxyl groups is 2. The van der Waals surface area contributed by atoms with Gasteiger partial charge < -0.3 is 15.1 Å². The minimum atomic E-state index is 0.423. The minimum absolute atomic E-state index is 0.423. The lowest BCUT2D eigenvalue weighted by Crippen LogP contribution is -2.13. The molecule has 0 aromatic rings. The molecule has 0 aromatic heterocycles. The molecular formula is C20H39NO2. The second-order valence-corrected chi connectivity index (χ2v) is 6.45. The lowest BCUT2D eigenvalue weighted by atomic mass is 10.1. The first kappa shape index (κ1) is 21.9. The molecule has 0 aliphatic carbocycles. The van der Waals surface area contributed by atoms with Gasteiger partial charge in [-0.3, -0.25) is 0 Å². The summed E-state index contributed by atoms with van der Waals surface area (Å²) in [5.74, 6) is 0.847. The predicted octanol–water partition coefficient (Wildman–Crippen LogP) is 6.83. The summed E-state index contributed by atoms with van der Waals surface area (Å²) < 4.78 is 0. The highest BCUT2D eigenvalue weighted by Gasteiger charge is 2.03. The lowest BCUT2D eigenvalue weighted by molar-refractivity contribution is 0.336. The quantitative estimate of drug-likeness (QED) is 0.256. The zero-order valence-electron chi connectivity index (χ0n) is 15.7. The highest BCUT2D eigenvalue weighted by molar-refractivity contribution is 4.99. The van der Waals surface area contributed by atoms with E-state index in [9.17, 15) is 10.2 Å². The molecule has 0 spiro atoms. The largest absolute Gasteiger partial charge is 0.511 e. The molecule has 0 amide bonds. The van der Waals surface area contributed by atoms with Crippen LogP contribution < -0.4 is 0 Å². The summed E-state index contributed by atoms with van der Waals surface area (Å²) in [6, 6.07) is 0. The van der Waals surface area contributed by atoms with Crippen molar-refractivity contribution in [2.24, 2.45) is 0 Å². The van der Waals surface area contributed by atoms with Crippen molar-refractivity contribution in [3.8, 4) is 0 Å². The van der Waals surface area contributed by atoms with Crippen molar-refractivity contribution >= 4 is 0 Å². The zero-order valence-corrected chi connectivity index (χ0v) is 15.7. The summed E-state index contributed by atoms with van der Waals surface area (Å²) in [6.07, 6.45) is 16.5. The van der Waals surface area contributed by atoms with E-state index in [2.05, 4.69) is 20.8 Å². The first-order chi connectivity index (χ1) is 11.1. The fraction of sp³-hybridized carbons (Fsp3) is 0.800. The van der Waals surface area contributed by atoms with Crippen LogP contribution in [0.2, 0.25) is 0 Å². The van der Waals surface area contributed by atoms with Crippen molar-refractivity contribution in [2.45, 2.75) is 97.8 Å². The van der Waals surface area contributed by atoms with Gasteiger partial charge in [-0.15, -0.1) is 0 Å². The van der Waals surface area contributed by atoms with Gasteiger partial charge in [0.15, 0.2) is 0 Å². The number of hydrogen-bond acceptors (Lipinski definition) is 3. The molecule has 0 saturated carbocycles. The molecule has 23 heavy (non-hydrogen) atoms. The Hall–Kier alpha value is -1.12. The molecule has 0 rings (SSSR count). The van der Waals surface area contributed by atoms with Crippen LogP contribution in [0, 0.1) is 0 Å². The standard InChI is InChI=1S/C20H39NO2/c1-4-7-10-12-14-19(22)17-21(16-9-6-3)18-20(23)15-13-11-8-5-2/h17-18,22-23H,4-16H2,1-3H3. The van der Waals surface area contributed by atoms with E-state index in [1.54, 1.807) is 12.4 Å². The summed E-state index contributed by atoms with van der Waals surface area (Å²) in [7, 11) is 0. The van der Waals surface area contributed by atoms with Gasteiger partial charge in [-0.05, 0) is 19.3 Å². The highest BCUT2D eigenvalue weighted by Crippen LogP contribution is 2.13. The van der Waals surface area contributed by atoms with Crippen molar-refractivity contribution < 1.29 is 10.2 Å². The van der Waals surface area contributed by atoms with Gasteiger partial charge in [0.1, 0.15) is 11.5 Å². The summed E-state index contributed by atoms with van der Waals surface area (Å²) in [5.41, 5.74) is 0. The molecule has 0 aliphatic heterocycles. The third kappa shape index (κ3) is 14.2. The Kier molecular flexibility index (Phi) is 15.0. The summed E-state index contributed by atoms with van der Waals surface area (Å²) in [4.78, 5) is 1.95. The molecule has 0 fully saturated rings. The zero-order chi connectivity index (χ0) is 17.3. The number of aliphatic hydroxyl groups excluding tert-OH is 2. The van der Waals surface area contributed by atoms with Crippen LogP contribution in [0.25, 0.3) is 0 Å². The molecule has 3 heteroatoms. The van der Waals surface area contributed by atoms with Crippen LogP contribution >= 0.6 is 0 Å². The maximum Gasteiger partial charge on any atom is 0.108 e. The normalized spacial score (nSPS) is 12.7. The Bertz CT molecular complexity index is 296. The van der Waals surface area contributed by atoms with Gasteiger partial charge in [0, 0.05) is 31.8 Å². The monoisotopic (exact) mass is 325 g/mol. The number of hydrogen-bond donors (Lipinski definition) is 2. The Balaban J connectivity index is 4.41. The molecule has 0 unspecified atom stereocenters. The van der Waals surface area contributed by atoms with Crippen molar-refractivity contribution in [2.75, 3.05) is 6.54 Å². The van der Waals surface area contributed by atoms with Gasteiger partial charge >= 0.3 is 0 Å². The first-order valence-electron chi connectivity index (χ1n) is 9.69. The van der Waals surface area contributed by atoms with Gasteiger partial charge in [-0.1, -0.05) is 65.7 Å². The Morgan fingerprint density at radius 2 is 1.09 bits per heavy atom. The van der Waals surface area contributed by atoms with Crippen molar-refractivity contribution in [1.82, 2.24) is 4.90 Å². The third-order valence-corrected chi connectivity index (χ3v) is 3.97. The van der Waals surface area contributed by atoms with Gasteiger partial charge in [0.2, 0.25) is 0 Å². The average molecular weight is 326 g/mol. The molecule has 0 heterocycles. The van der Waals surface area contributed by atoms with E-state index >= 15 is 0 Å². The molecule has 0 aliphatic rings. The topological polar surface area (TPSA) is 43.7 Å². The fourth-order valence-corrected chi connectivity index (χ4v) is 2.48. The van der Waals surface area contributed by atoms with Gasteiger partial charge in [0.05, 0.1) is 0 Å². The van der Waals surface area contributed by atoms with Crippen molar-refractivity contribution in [3.05, 3.63) is 23.9 Å². The predicted molar refractivity (Wildman–Crippen MR) is 101 cm³/mol. The minimum Gasteiger partial charge on any atom is -0.511 e. The number of rotatable bonds is 15. The third-order valence-electron chi connectivity index (χ3n) is 3.97. The maximum absolute atomic E-state index is 10.1. The SMILES string of the molecule is CCCCCCC(O)=CN(C=C(O)CCCCCC)CCCC. The highest BCUT2D eigenvalue weighted by atomic mass is 16.3. The maximum atomic E-state index is 10.1. The fourth-order valence-electron chi connectivity index (χ4n) is 2.48. The lowest BCUT2D eigenvalue weighted by Gasteiger charge is -2.17. The van der Waals surface area contributed by atoms with E-state index in [1.807, 2.05) is 4.90 Å². The summed E-state index contributed by atoms with van der Waals surface area (Å²) >= 11 is 0. The Morgan fingerprint density at radius 3 is 1.48 bits per heavy atom. The van der Waals surface area contributed by atoms with E-state index in [1.165, 1.54) is 38.5 Å². The van der Waals surface area contributed by atoms with Crippen LogP contribution in [0.1, 0.15) is 97.8 Å². The number of allylic oxidation sites excluding steroid dienone is 2. The second kappa shape index (κ2) is 15.8. The van der Waals surface area contributed by atoms with Crippen LogP contribution in [0.15, 0.2) is 23.9 Å². The molecule has 0 aromatic carbocycles. The first-order valence-corrected chi connectivity index (χ1v) is 9.69. The van der Waals surface area contributed by atoms with Crippen molar-refractivity contribution in [1.29, 1.82) is 0 Å². The van der Waals surface area contributed by atoms with E-state index in [0.29, 0.717) is 11.5 Å².